The van der Waals surface area contributed by atoms with Crippen LogP contribution in [0.4, 0.5) is 5.69 Å². The maximum Gasteiger partial charge on any atom is 0.295 e. The third-order valence-corrected chi connectivity index (χ3v) is 3.65. The highest BCUT2D eigenvalue weighted by Gasteiger charge is 2.17. The standard InChI is InChI=1S/C17H19N5O/c1-10(2)13-7-5-6-8-14(13)19-16(23)15-20-17-18-11(3)9-12(4)22(17)21-15/h5-10H,1-4H3,(H,19,23). The first kappa shape index (κ1) is 15.1. The average molecular weight is 309 g/mol. The lowest BCUT2D eigenvalue weighted by Crippen LogP contribution is -2.15. The summed E-state index contributed by atoms with van der Waals surface area (Å²) in [6.45, 7) is 7.97. The molecule has 0 atom stereocenters. The molecule has 0 aliphatic rings. The van der Waals surface area contributed by atoms with Crippen LogP contribution in [0.25, 0.3) is 5.78 Å². The minimum absolute atomic E-state index is 0.116. The van der Waals surface area contributed by atoms with Crippen molar-refractivity contribution in [2.24, 2.45) is 0 Å². The second-order valence-corrected chi connectivity index (χ2v) is 5.88. The molecule has 0 unspecified atom stereocenters. The van der Waals surface area contributed by atoms with E-state index < -0.39 is 0 Å². The Morgan fingerprint density at radius 1 is 1.17 bits per heavy atom. The van der Waals surface area contributed by atoms with Crippen LogP contribution < -0.4 is 5.32 Å². The van der Waals surface area contributed by atoms with Crippen molar-refractivity contribution in [3.8, 4) is 0 Å². The van der Waals surface area contributed by atoms with Gasteiger partial charge in [-0.05, 0) is 37.5 Å². The van der Waals surface area contributed by atoms with Crippen LogP contribution in [0.1, 0.15) is 47.3 Å². The zero-order valence-corrected chi connectivity index (χ0v) is 13.7. The number of hydrogen-bond acceptors (Lipinski definition) is 4. The van der Waals surface area contributed by atoms with Crippen LogP contribution in [-0.4, -0.2) is 25.5 Å². The van der Waals surface area contributed by atoms with Gasteiger partial charge in [0.05, 0.1) is 0 Å². The van der Waals surface area contributed by atoms with Gasteiger partial charge in [0.25, 0.3) is 11.7 Å². The molecule has 0 fully saturated rings. The number of anilines is 1. The fourth-order valence-corrected chi connectivity index (χ4v) is 2.56. The number of amides is 1. The molecule has 0 radical (unpaired) electrons. The number of carbonyl (C=O) groups excluding carboxylic acids is 1. The van der Waals surface area contributed by atoms with Gasteiger partial charge in [-0.1, -0.05) is 32.0 Å². The fraction of sp³-hybridized carbons (Fsp3) is 0.294. The number of nitrogens with zero attached hydrogens (tertiary/aromatic N) is 4. The molecular formula is C17H19N5O. The zero-order valence-electron chi connectivity index (χ0n) is 13.7. The smallest absolute Gasteiger partial charge is 0.295 e. The van der Waals surface area contributed by atoms with Crippen molar-refractivity contribution in [3.05, 3.63) is 53.1 Å². The van der Waals surface area contributed by atoms with E-state index in [0.29, 0.717) is 11.7 Å². The van der Waals surface area contributed by atoms with E-state index in [1.807, 2.05) is 44.2 Å². The normalized spacial score (nSPS) is 11.2. The Hall–Kier alpha value is -2.76. The number of aromatic nitrogens is 4. The van der Waals surface area contributed by atoms with E-state index >= 15 is 0 Å². The Morgan fingerprint density at radius 3 is 2.65 bits per heavy atom. The molecule has 0 saturated heterocycles. The molecule has 0 saturated carbocycles. The number of aryl methyl sites for hydroxylation is 2. The highest BCUT2D eigenvalue weighted by molar-refractivity contribution is 6.02. The van der Waals surface area contributed by atoms with Crippen LogP contribution in [0.2, 0.25) is 0 Å². The molecule has 23 heavy (non-hydrogen) atoms. The van der Waals surface area contributed by atoms with Gasteiger partial charge in [0.15, 0.2) is 0 Å². The summed E-state index contributed by atoms with van der Waals surface area (Å²) in [5, 5.41) is 7.15. The highest BCUT2D eigenvalue weighted by atomic mass is 16.2. The lowest BCUT2D eigenvalue weighted by atomic mass is 10.0. The van der Waals surface area contributed by atoms with E-state index in [9.17, 15) is 4.79 Å². The van der Waals surface area contributed by atoms with E-state index in [4.69, 9.17) is 0 Å². The summed E-state index contributed by atoms with van der Waals surface area (Å²) < 4.78 is 1.58. The van der Waals surface area contributed by atoms with Gasteiger partial charge >= 0.3 is 0 Å². The molecule has 1 aromatic carbocycles. The van der Waals surface area contributed by atoms with E-state index in [0.717, 1.165) is 22.6 Å². The summed E-state index contributed by atoms with van der Waals surface area (Å²) in [6, 6.07) is 9.65. The first-order valence-corrected chi connectivity index (χ1v) is 7.57. The molecule has 0 aliphatic heterocycles. The van der Waals surface area contributed by atoms with Crippen LogP contribution in [0.5, 0.6) is 0 Å². The Labute approximate surface area is 134 Å². The summed E-state index contributed by atoms with van der Waals surface area (Å²) >= 11 is 0. The van der Waals surface area contributed by atoms with Crippen molar-refractivity contribution < 1.29 is 4.79 Å². The van der Waals surface area contributed by atoms with Crippen LogP contribution in [0.15, 0.2) is 30.3 Å². The molecule has 0 bridgehead atoms. The Morgan fingerprint density at radius 2 is 1.91 bits per heavy atom. The highest BCUT2D eigenvalue weighted by Crippen LogP contribution is 2.24. The second kappa shape index (κ2) is 5.79. The number of hydrogen-bond donors (Lipinski definition) is 1. The quantitative estimate of drug-likeness (QED) is 0.807. The van der Waals surface area contributed by atoms with Crippen LogP contribution >= 0.6 is 0 Å². The lowest BCUT2D eigenvalue weighted by Gasteiger charge is -2.12. The van der Waals surface area contributed by atoms with Gasteiger partial charge in [-0.15, -0.1) is 5.10 Å². The predicted octanol–water partition coefficient (Wildman–Crippen LogP) is 3.12. The fourth-order valence-electron chi connectivity index (χ4n) is 2.56. The number of benzene rings is 1. The molecule has 0 spiro atoms. The largest absolute Gasteiger partial charge is 0.319 e. The number of carbonyl (C=O) groups is 1. The van der Waals surface area contributed by atoms with Gasteiger partial charge in [-0.2, -0.15) is 4.98 Å². The van der Waals surface area contributed by atoms with Crippen molar-refractivity contribution >= 4 is 17.4 Å². The van der Waals surface area contributed by atoms with Crippen LogP contribution in [-0.2, 0) is 0 Å². The number of fused-ring (bicyclic) bond motifs is 1. The van der Waals surface area contributed by atoms with Gasteiger partial charge in [0.2, 0.25) is 5.82 Å². The first-order valence-electron chi connectivity index (χ1n) is 7.57. The Bertz CT molecular complexity index is 882. The minimum Gasteiger partial charge on any atom is -0.319 e. The molecule has 118 valence electrons. The van der Waals surface area contributed by atoms with E-state index in [1.165, 1.54) is 0 Å². The van der Waals surface area contributed by atoms with Crippen molar-refractivity contribution in [1.29, 1.82) is 0 Å². The van der Waals surface area contributed by atoms with Crippen molar-refractivity contribution in [2.75, 3.05) is 5.32 Å². The van der Waals surface area contributed by atoms with Crippen molar-refractivity contribution in [1.82, 2.24) is 19.6 Å². The second-order valence-electron chi connectivity index (χ2n) is 5.88. The molecular weight excluding hydrogens is 290 g/mol. The third kappa shape index (κ3) is 2.92. The number of rotatable bonds is 3. The topological polar surface area (TPSA) is 72.2 Å². The molecule has 3 rings (SSSR count). The van der Waals surface area contributed by atoms with Crippen molar-refractivity contribution in [3.63, 3.8) is 0 Å². The monoisotopic (exact) mass is 309 g/mol. The summed E-state index contributed by atoms with van der Waals surface area (Å²) in [5.41, 5.74) is 3.60. The molecule has 2 heterocycles. The molecule has 1 N–H and O–H groups in total. The molecule has 6 nitrogen and oxygen atoms in total. The van der Waals surface area contributed by atoms with Gasteiger partial charge in [-0.25, -0.2) is 9.50 Å². The summed E-state index contributed by atoms with van der Waals surface area (Å²) in [5.74, 6) is 0.530. The first-order chi connectivity index (χ1) is 11.0. The van der Waals surface area contributed by atoms with Gasteiger partial charge in [0.1, 0.15) is 0 Å². The molecule has 3 aromatic rings. The van der Waals surface area contributed by atoms with Gasteiger partial charge < -0.3 is 5.32 Å². The van der Waals surface area contributed by atoms with Crippen LogP contribution in [0, 0.1) is 13.8 Å². The molecule has 1 amide bonds. The summed E-state index contributed by atoms with van der Waals surface area (Å²) in [4.78, 5) is 21.0. The average Bonchev–Trinajstić information content (AvgIpc) is 2.92. The minimum atomic E-state index is -0.333. The Balaban J connectivity index is 1.94. The Kier molecular flexibility index (Phi) is 3.82. The molecule has 6 heteroatoms. The van der Waals surface area contributed by atoms with E-state index in [2.05, 4.69) is 34.2 Å². The van der Waals surface area contributed by atoms with Crippen molar-refractivity contribution in [2.45, 2.75) is 33.6 Å². The molecule has 2 aromatic heterocycles. The summed E-state index contributed by atoms with van der Waals surface area (Å²) in [6.07, 6.45) is 0. The van der Waals surface area contributed by atoms with Gasteiger partial charge in [-0.3, -0.25) is 4.79 Å². The van der Waals surface area contributed by atoms with Gasteiger partial charge in [0, 0.05) is 17.1 Å². The number of para-hydroxylation sites is 1. The predicted molar refractivity (Wildman–Crippen MR) is 88.7 cm³/mol. The third-order valence-electron chi connectivity index (χ3n) is 3.65. The van der Waals surface area contributed by atoms with E-state index in [-0.39, 0.29) is 11.7 Å². The maximum absolute atomic E-state index is 12.5. The van der Waals surface area contributed by atoms with E-state index in [1.54, 1.807) is 4.52 Å². The number of nitrogens with one attached hydrogen (secondary N) is 1. The van der Waals surface area contributed by atoms with Crippen LogP contribution in [0.3, 0.4) is 0 Å². The zero-order chi connectivity index (χ0) is 16.6. The molecule has 0 aliphatic carbocycles. The summed E-state index contributed by atoms with van der Waals surface area (Å²) in [7, 11) is 0. The SMILES string of the molecule is Cc1cc(C)n2nc(C(=O)Nc3ccccc3C(C)C)nc2n1. The lowest BCUT2D eigenvalue weighted by molar-refractivity contribution is 0.101. The maximum atomic E-state index is 12.5.